The van der Waals surface area contributed by atoms with E-state index in [-0.39, 0.29) is 10.9 Å². The summed E-state index contributed by atoms with van der Waals surface area (Å²) in [5.74, 6) is -0.142. The Balaban J connectivity index is 1.66. The first kappa shape index (κ1) is 17.1. The van der Waals surface area contributed by atoms with Crippen LogP contribution in [0.25, 0.3) is 0 Å². The van der Waals surface area contributed by atoms with Crippen LogP contribution in [0.15, 0.2) is 29.2 Å². The van der Waals surface area contributed by atoms with Gasteiger partial charge >= 0.3 is 5.97 Å². The van der Waals surface area contributed by atoms with Gasteiger partial charge in [-0.25, -0.2) is 18.5 Å². The van der Waals surface area contributed by atoms with Gasteiger partial charge in [0.2, 0.25) is 15.7 Å². The molecule has 6 nitrogen and oxygen atoms in total. The third-order valence-electron chi connectivity index (χ3n) is 4.85. The SMILES string of the molecule is NS(=O)(=O)c1ccc(CC[NH+]=C2CC(=O)OC23CCCCC3)cc1. The highest BCUT2D eigenvalue weighted by Gasteiger charge is 2.50. The molecule has 24 heavy (non-hydrogen) atoms. The number of nitrogens with one attached hydrogen (secondary N) is 1. The molecular formula is C17H23N2O4S+. The van der Waals surface area contributed by atoms with Crippen molar-refractivity contribution in [2.45, 2.75) is 55.4 Å². The summed E-state index contributed by atoms with van der Waals surface area (Å²) < 4.78 is 28.1. The number of sulfonamides is 1. The average molecular weight is 351 g/mol. The van der Waals surface area contributed by atoms with E-state index < -0.39 is 15.6 Å². The van der Waals surface area contributed by atoms with E-state index in [4.69, 9.17) is 9.88 Å². The molecule has 1 aliphatic carbocycles. The first-order valence-electron chi connectivity index (χ1n) is 8.33. The molecule has 1 aliphatic heterocycles. The fourth-order valence-corrected chi connectivity index (χ4v) is 4.09. The molecule has 0 radical (unpaired) electrons. The zero-order chi connectivity index (χ0) is 17.2. The smallest absolute Gasteiger partial charge is 0.317 e. The molecule has 1 aromatic carbocycles. The summed E-state index contributed by atoms with van der Waals surface area (Å²) in [6, 6.07) is 6.56. The minimum Gasteiger partial charge on any atom is -0.448 e. The van der Waals surface area contributed by atoms with Gasteiger partial charge in [0.1, 0.15) is 13.0 Å². The van der Waals surface area contributed by atoms with Gasteiger partial charge in [-0.1, -0.05) is 18.6 Å². The van der Waals surface area contributed by atoms with Crippen molar-refractivity contribution in [3.63, 3.8) is 0 Å². The van der Waals surface area contributed by atoms with Crippen LogP contribution in [0.1, 0.15) is 44.1 Å². The summed E-state index contributed by atoms with van der Waals surface area (Å²) in [6.45, 7) is 0.683. The van der Waals surface area contributed by atoms with E-state index in [1.165, 1.54) is 18.6 Å². The topological polar surface area (TPSA) is 100 Å². The van der Waals surface area contributed by atoms with Gasteiger partial charge < -0.3 is 4.74 Å². The average Bonchev–Trinajstić information content (AvgIpc) is 2.83. The van der Waals surface area contributed by atoms with Crippen LogP contribution in [0.5, 0.6) is 0 Å². The lowest BCUT2D eigenvalue weighted by atomic mass is 9.81. The Morgan fingerprint density at radius 1 is 1.12 bits per heavy atom. The standard InChI is InChI=1S/C17H22N2O4S/c18-24(21,22)14-6-4-13(5-7-14)8-11-19-15-12-16(20)23-17(15)9-2-1-3-10-17/h4-7H,1-3,8-12H2,(H2,18,21,22)/p+1. The number of rotatable bonds is 4. The van der Waals surface area contributed by atoms with Gasteiger partial charge in [0, 0.05) is 6.42 Å². The van der Waals surface area contributed by atoms with Crippen LogP contribution in [0.3, 0.4) is 0 Å². The Labute approximate surface area is 142 Å². The Kier molecular flexibility index (Phi) is 4.73. The number of carbonyl (C=O) groups excluding carboxylic acids is 1. The Morgan fingerprint density at radius 2 is 1.79 bits per heavy atom. The molecule has 2 aliphatic rings. The summed E-state index contributed by atoms with van der Waals surface area (Å²) in [5, 5.41) is 5.09. The lowest BCUT2D eigenvalue weighted by molar-refractivity contribution is -0.461. The largest absolute Gasteiger partial charge is 0.448 e. The van der Waals surface area contributed by atoms with Crippen LogP contribution >= 0.6 is 0 Å². The zero-order valence-corrected chi connectivity index (χ0v) is 14.4. The molecular weight excluding hydrogens is 328 g/mol. The van der Waals surface area contributed by atoms with Crippen molar-refractivity contribution in [1.29, 1.82) is 0 Å². The zero-order valence-electron chi connectivity index (χ0n) is 13.6. The predicted octanol–water partition coefficient (Wildman–Crippen LogP) is 0.0479. The molecule has 1 spiro atoms. The molecule has 0 amide bonds. The van der Waals surface area contributed by atoms with Crippen molar-refractivity contribution in [3.05, 3.63) is 29.8 Å². The summed E-state index contributed by atoms with van der Waals surface area (Å²) in [6.07, 6.45) is 6.28. The molecule has 0 bridgehead atoms. The molecule has 1 aromatic rings. The molecule has 1 heterocycles. The van der Waals surface area contributed by atoms with E-state index in [9.17, 15) is 13.2 Å². The molecule has 0 aromatic heterocycles. The van der Waals surface area contributed by atoms with Crippen LogP contribution in [0, 0.1) is 0 Å². The number of nitrogens with two attached hydrogens (primary N) is 1. The van der Waals surface area contributed by atoms with Crippen molar-refractivity contribution in [3.8, 4) is 0 Å². The summed E-state index contributed by atoms with van der Waals surface area (Å²) in [4.78, 5) is 15.2. The molecule has 130 valence electrons. The Hall–Kier alpha value is -1.73. The molecule has 2 fully saturated rings. The van der Waals surface area contributed by atoms with E-state index in [2.05, 4.69) is 4.99 Å². The van der Waals surface area contributed by atoms with Crippen molar-refractivity contribution in [1.82, 2.24) is 0 Å². The van der Waals surface area contributed by atoms with Crippen molar-refractivity contribution in [2.75, 3.05) is 6.54 Å². The number of carbonyl (C=O) groups is 1. The highest BCUT2D eigenvalue weighted by Crippen LogP contribution is 2.36. The fourth-order valence-electron chi connectivity index (χ4n) is 3.57. The second-order valence-corrected chi connectivity index (χ2v) is 8.11. The molecule has 3 N–H and O–H groups in total. The minimum atomic E-state index is -3.65. The van der Waals surface area contributed by atoms with Crippen molar-refractivity contribution < 1.29 is 22.9 Å². The van der Waals surface area contributed by atoms with Gasteiger partial charge in [-0.3, -0.25) is 4.79 Å². The second kappa shape index (κ2) is 6.64. The minimum absolute atomic E-state index is 0.115. The normalized spacial score (nSPS) is 22.0. The Morgan fingerprint density at radius 3 is 2.42 bits per heavy atom. The highest BCUT2D eigenvalue weighted by atomic mass is 32.2. The molecule has 0 atom stereocenters. The number of hydrogen-bond acceptors (Lipinski definition) is 4. The third kappa shape index (κ3) is 3.67. The van der Waals surface area contributed by atoms with Gasteiger partial charge in [-0.05, 0) is 43.4 Å². The van der Waals surface area contributed by atoms with Gasteiger partial charge in [0.15, 0.2) is 5.60 Å². The second-order valence-electron chi connectivity index (χ2n) is 6.55. The maximum atomic E-state index is 11.7. The van der Waals surface area contributed by atoms with Gasteiger partial charge in [0.05, 0.1) is 4.90 Å². The molecule has 7 heteroatoms. The summed E-state index contributed by atoms with van der Waals surface area (Å²) in [5.41, 5.74) is 1.62. The highest BCUT2D eigenvalue weighted by molar-refractivity contribution is 7.89. The van der Waals surface area contributed by atoms with E-state index in [1.807, 2.05) is 0 Å². The quantitative estimate of drug-likeness (QED) is 0.749. The number of hydrogen-bond donors (Lipinski definition) is 2. The maximum absolute atomic E-state index is 11.7. The van der Waals surface area contributed by atoms with Crippen LogP contribution in [-0.4, -0.2) is 32.2 Å². The number of ether oxygens (including phenoxy) is 1. The maximum Gasteiger partial charge on any atom is 0.317 e. The third-order valence-corrected chi connectivity index (χ3v) is 5.77. The summed E-state index contributed by atoms with van der Waals surface area (Å²) in [7, 11) is -3.65. The molecule has 0 unspecified atom stereocenters. The van der Waals surface area contributed by atoms with Gasteiger partial charge in [-0.15, -0.1) is 0 Å². The van der Waals surface area contributed by atoms with E-state index in [1.54, 1.807) is 12.1 Å². The van der Waals surface area contributed by atoms with Crippen LogP contribution in [0.4, 0.5) is 0 Å². The van der Waals surface area contributed by atoms with Crippen LogP contribution < -0.4 is 10.1 Å². The summed E-state index contributed by atoms with van der Waals surface area (Å²) >= 11 is 0. The number of primary sulfonamides is 1. The molecule has 1 saturated carbocycles. The molecule has 3 rings (SSSR count). The lowest BCUT2D eigenvalue weighted by Gasteiger charge is -2.29. The predicted molar refractivity (Wildman–Crippen MR) is 88.9 cm³/mol. The lowest BCUT2D eigenvalue weighted by Crippen LogP contribution is -2.77. The first-order chi connectivity index (χ1) is 11.4. The van der Waals surface area contributed by atoms with E-state index in [0.717, 1.165) is 43.4 Å². The van der Waals surface area contributed by atoms with E-state index in [0.29, 0.717) is 13.0 Å². The van der Waals surface area contributed by atoms with Crippen LogP contribution in [0.2, 0.25) is 0 Å². The molecule has 1 saturated heterocycles. The van der Waals surface area contributed by atoms with Crippen LogP contribution in [-0.2, 0) is 26.0 Å². The van der Waals surface area contributed by atoms with Crippen molar-refractivity contribution in [2.24, 2.45) is 5.14 Å². The van der Waals surface area contributed by atoms with Gasteiger partial charge in [-0.2, -0.15) is 0 Å². The number of benzene rings is 1. The van der Waals surface area contributed by atoms with Crippen molar-refractivity contribution >= 4 is 21.7 Å². The Bertz CT molecular complexity index is 747. The monoisotopic (exact) mass is 351 g/mol. The van der Waals surface area contributed by atoms with E-state index >= 15 is 0 Å². The number of esters is 1. The first-order valence-corrected chi connectivity index (χ1v) is 9.87. The van der Waals surface area contributed by atoms with Gasteiger partial charge in [0.25, 0.3) is 0 Å². The fraction of sp³-hybridized carbons (Fsp3) is 0.529.